The minimum atomic E-state index is -0.836. The maximum absolute atomic E-state index is 13.5. The Morgan fingerprint density at radius 3 is 2.37 bits per heavy atom. The second kappa shape index (κ2) is 8.48. The zero-order valence-electron chi connectivity index (χ0n) is 17.6. The lowest BCUT2D eigenvalue weighted by atomic mass is 9.88. The van der Waals surface area contributed by atoms with E-state index in [9.17, 15) is 9.59 Å². The van der Waals surface area contributed by atoms with Gasteiger partial charge in [0.2, 0.25) is 5.91 Å². The number of methoxy groups -OCH3 is 1. The van der Waals surface area contributed by atoms with Gasteiger partial charge in [0.25, 0.3) is 0 Å². The summed E-state index contributed by atoms with van der Waals surface area (Å²) in [5, 5.41) is 0. The number of carbonyl (C=O) groups is 2. The van der Waals surface area contributed by atoms with Crippen molar-refractivity contribution in [3.8, 4) is 5.75 Å². The van der Waals surface area contributed by atoms with Gasteiger partial charge >= 0.3 is 0 Å². The van der Waals surface area contributed by atoms with Crippen molar-refractivity contribution >= 4 is 17.4 Å². The first kappa shape index (κ1) is 20.4. The molecule has 0 aliphatic carbocycles. The van der Waals surface area contributed by atoms with Gasteiger partial charge in [0, 0.05) is 37.3 Å². The van der Waals surface area contributed by atoms with Crippen LogP contribution in [-0.4, -0.2) is 55.5 Å². The van der Waals surface area contributed by atoms with Crippen LogP contribution >= 0.6 is 0 Å². The summed E-state index contributed by atoms with van der Waals surface area (Å²) in [6.07, 6.45) is 0.927. The van der Waals surface area contributed by atoms with Gasteiger partial charge in [-0.25, -0.2) is 0 Å². The second-order valence-electron chi connectivity index (χ2n) is 8.08. The number of benzene rings is 2. The Labute approximate surface area is 177 Å². The number of anilines is 1. The van der Waals surface area contributed by atoms with Crippen LogP contribution in [0.3, 0.4) is 0 Å². The Hall–Kier alpha value is -2.86. The van der Waals surface area contributed by atoms with Gasteiger partial charge in [-0.15, -0.1) is 0 Å². The number of ketones is 1. The first-order valence-corrected chi connectivity index (χ1v) is 10.4. The van der Waals surface area contributed by atoms with Gasteiger partial charge in [0.05, 0.1) is 20.3 Å². The molecule has 4 rings (SSSR count). The van der Waals surface area contributed by atoms with E-state index < -0.39 is 5.54 Å². The molecular weight excluding hydrogens is 380 g/mol. The summed E-state index contributed by atoms with van der Waals surface area (Å²) in [6.45, 7) is 5.46. The zero-order chi connectivity index (χ0) is 21.1. The number of morpholine rings is 1. The maximum Gasteiger partial charge on any atom is 0.223 e. The molecule has 0 radical (unpaired) electrons. The quantitative estimate of drug-likeness (QED) is 0.687. The summed E-state index contributed by atoms with van der Waals surface area (Å²) in [7, 11) is 1.62. The summed E-state index contributed by atoms with van der Waals surface area (Å²) in [5.74, 6) is 0.785. The van der Waals surface area contributed by atoms with Crippen LogP contribution in [0.4, 0.5) is 5.69 Å². The molecule has 1 amide bonds. The van der Waals surface area contributed by atoms with Crippen LogP contribution in [0.2, 0.25) is 0 Å². The van der Waals surface area contributed by atoms with Gasteiger partial charge in [-0.2, -0.15) is 0 Å². The molecule has 6 heteroatoms. The summed E-state index contributed by atoms with van der Waals surface area (Å²) in [4.78, 5) is 30.1. The van der Waals surface area contributed by atoms with Crippen molar-refractivity contribution < 1.29 is 19.1 Å². The number of carbonyl (C=O) groups excluding carboxylic acids is 2. The highest BCUT2D eigenvalue weighted by atomic mass is 16.5. The molecule has 0 aromatic heterocycles. The van der Waals surface area contributed by atoms with Crippen LogP contribution in [0.25, 0.3) is 0 Å². The Morgan fingerprint density at radius 2 is 1.73 bits per heavy atom. The maximum atomic E-state index is 13.5. The number of nitrogens with zero attached hydrogens (tertiary/aromatic N) is 2. The summed E-state index contributed by atoms with van der Waals surface area (Å²) in [5.41, 5.74) is 1.88. The van der Waals surface area contributed by atoms with Crippen molar-refractivity contribution in [1.82, 2.24) is 4.90 Å². The first-order chi connectivity index (χ1) is 14.5. The summed E-state index contributed by atoms with van der Waals surface area (Å²) < 4.78 is 10.6. The lowest BCUT2D eigenvalue weighted by Crippen LogP contribution is -2.49. The SMILES string of the molecule is COc1ccc(CN2C(=O)CCC2(C)C(=O)c2ccc(N3CCOCC3)cc2)cc1. The molecule has 2 heterocycles. The molecule has 1 unspecified atom stereocenters. The van der Waals surface area contributed by atoms with E-state index in [1.165, 1.54) is 0 Å². The summed E-state index contributed by atoms with van der Waals surface area (Å²) >= 11 is 0. The standard InChI is InChI=1S/C24H28N2O4/c1-24(12-11-22(27)26(24)17-18-3-9-21(29-2)10-4-18)23(28)19-5-7-20(8-6-19)25-13-15-30-16-14-25/h3-10H,11-17H2,1-2H3. The third-order valence-corrected chi connectivity index (χ3v) is 6.22. The number of ether oxygens (including phenoxy) is 2. The van der Waals surface area contributed by atoms with Gasteiger partial charge in [-0.05, 0) is 55.3 Å². The van der Waals surface area contributed by atoms with E-state index in [0.29, 0.717) is 24.9 Å². The molecule has 30 heavy (non-hydrogen) atoms. The Morgan fingerprint density at radius 1 is 1.07 bits per heavy atom. The molecular formula is C24H28N2O4. The van der Waals surface area contributed by atoms with Gasteiger partial charge in [0.1, 0.15) is 11.3 Å². The van der Waals surface area contributed by atoms with Crippen molar-refractivity contribution in [2.45, 2.75) is 31.8 Å². The summed E-state index contributed by atoms with van der Waals surface area (Å²) in [6, 6.07) is 15.4. The van der Waals surface area contributed by atoms with Crippen molar-refractivity contribution in [3.63, 3.8) is 0 Å². The van der Waals surface area contributed by atoms with Crippen LogP contribution < -0.4 is 9.64 Å². The fourth-order valence-electron chi connectivity index (χ4n) is 4.26. The first-order valence-electron chi connectivity index (χ1n) is 10.4. The fourth-order valence-corrected chi connectivity index (χ4v) is 4.26. The fraction of sp³-hybridized carbons (Fsp3) is 0.417. The number of rotatable bonds is 6. The van der Waals surface area contributed by atoms with E-state index in [2.05, 4.69) is 4.90 Å². The van der Waals surface area contributed by atoms with E-state index in [1.54, 1.807) is 12.0 Å². The van der Waals surface area contributed by atoms with Crippen LogP contribution in [0.15, 0.2) is 48.5 Å². The molecule has 0 bridgehead atoms. The second-order valence-corrected chi connectivity index (χ2v) is 8.08. The molecule has 1 atom stereocenters. The Balaban J connectivity index is 1.52. The number of hydrogen-bond acceptors (Lipinski definition) is 5. The van der Waals surface area contributed by atoms with Crippen molar-refractivity contribution in [2.24, 2.45) is 0 Å². The number of Topliss-reactive ketones (excluding diaryl/α,β-unsaturated/α-hetero) is 1. The van der Waals surface area contributed by atoms with Crippen molar-refractivity contribution in [3.05, 3.63) is 59.7 Å². The molecule has 6 nitrogen and oxygen atoms in total. The molecule has 2 saturated heterocycles. The van der Waals surface area contributed by atoms with Gasteiger partial charge in [0.15, 0.2) is 5.78 Å². The number of hydrogen-bond donors (Lipinski definition) is 0. The van der Waals surface area contributed by atoms with Crippen LogP contribution in [0.1, 0.15) is 35.7 Å². The lowest BCUT2D eigenvalue weighted by Gasteiger charge is -2.34. The number of amides is 1. The minimum Gasteiger partial charge on any atom is -0.497 e. The third kappa shape index (κ3) is 3.92. The van der Waals surface area contributed by atoms with Gasteiger partial charge < -0.3 is 19.3 Å². The molecule has 0 N–H and O–H groups in total. The van der Waals surface area contributed by atoms with E-state index >= 15 is 0 Å². The van der Waals surface area contributed by atoms with Crippen LogP contribution in [0, 0.1) is 0 Å². The molecule has 0 saturated carbocycles. The molecule has 2 aromatic rings. The normalized spacial score (nSPS) is 21.7. The van der Waals surface area contributed by atoms with E-state index in [1.807, 2.05) is 55.5 Å². The smallest absolute Gasteiger partial charge is 0.223 e. The van der Waals surface area contributed by atoms with Crippen molar-refractivity contribution in [1.29, 1.82) is 0 Å². The van der Waals surface area contributed by atoms with Gasteiger partial charge in [-0.1, -0.05) is 12.1 Å². The Bertz CT molecular complexity index is 904. The number of likely N-dealkylation sites (tertiary alicyclic amines) is 1. The van der Waals surface area contributed by atoms with Crippen LogP contribution in [0.5, 0.6) is 5.75 Å². The van der Waals surface area contributed by atoms with E-state index in [-0.39, 0.29) is 11.7 Å². The van der Waals surface area contributed by atoms with Crippen molar-refractivity contribution in [2.75, 3.05) is 38.3 Å². The molecule has 2 aromatic carbocycles. The van der Waals surface area contributed by atoms with E-state index in [0.717, 1.165) is 43.3 Å². The Kier molecular flexibility index (Phi) is 5.77. The highest BCUT2D eigenvalue weighted by Crippen LogP contribution is 2.35. The average Bonchev–Trinajstić information content (AvgIpc) is 3.09. The monoisotopic (exact) mass is 408 g/mol. The molecule has 0 spiro atoms. The van der Waals surface area contributed by atoms with E-state index in [4.69, 9.17) is 9.47 Å². The highest BCUT2D eigenvalue weighted by molar-refractivity contribution is 6.06. The molecule has 2 aliphatic rings. The molecule has 2 fully saturated rings. The predicted octanol–water partition coefficient (Wildman–Crippen LogP) is 3.30. The minimum absolute atomic E-state index is 0.00427. The highest BCUT2D eigenvalue weighted by Gasteiger charge is 2.47. The topological polar surface area (TPSA) is 59.1 Å². The average molecular weight is 408 g/mol. The predicted molar refractivity (Wildman–Crippen MR) is 115 cm³/mol. The largest absolute Gasteiger partial charge is 0.497 e. The third-order valence-electron chi connectivity index (χ3n) is 6.22. The van der Waals surface area contributed by atoms with Crippen LogP contribution in [-0.2, 0) is 16.1 Å². The van der Waals surface area contributed by atoms with Gasteiger partial charge in [-0.3, -0.25) is 9.59 Å². The molecule has 2 aliphatic heterocycles. The zero-order valence-corrected chi connectivity index (χ0v) is 17.6. The lowest BCUT2D eigenvalue weighted by molar-refractivity contribution is -0.130. The molecule has 158 valence electrons.